The van der Waals surface area contributed by atoms with Crippen LogP contribution in [0.15, 0.2) is 48.7 Å². The Morgan fingerprint density at radius 3 is 2.43 bits per heavy atom. The molecule has 3 rings (SSSR count). The summed E-state index contributed by atoms with van der Waals surface area (Å²) in [5, 5.41) is 4.14. The fourth-order valence-electron chi connectivity index (χ4n) is 2.71. The Morgan fingerprint density at radius 1 is 1.09 bits per heavy atom. The molecular weight excluding hydrogens is 304 g/mol. The second kappa shape index (κ2) is 7.42. The first-order valence-electron chi connectivity index (χ1n) is 8.07. The van der Waals surface area contributed by atoms with Crippen LogP contribution in [0.1, 0.15) is 12.5 Å². The van der Waals surface area contributed by atoms with Crippen molar-refractivity contribution >= 4 is 28.8 Å². The molecular formula is C18H22N4S. The summed E-state index contributed by atoms with van der Waals surface area (Å²) in [7, 11) is 0. The number of thiocarbonyl (C=S) groups is 1. The maximum absolute atomic E-state index is 5.55. The maximum Gasteiger partial charge on any atom is 0.173 e. The summed E-state index contributed by atoms with van der Waals surface area (Å²) in [6.07, 6.45) is 2.90. The molecule has 23 heavy (non-hydrogen) atoms. The minimum Gasteiger partial charge on any atom is -0.353 e. The molecule has 0 unspecified atom stereocenters. The summed E-state index contributed by atoms with van der Waals surface area (Å²) >= 11 is 5.55. The lowest BCUT2D eigenvalue weighted by Crippen LogP contribution is -2.50. The molecule has 1 aliphatic rings. The zero-order chi connectivity index (χ0) is 16.1. The van der Waals surface area contributed by atoms with Crippen LogP contribution in [0, 0.1) is 0 Å². The molecule has 1 aliphatic heterocycles. The van der Waals surface area contributed by atoms with Gasteiger partial charge in [0.1, 0.15) is 5.82 Å². The van der Waals surface area contributed by atoms with Crippen LogP contribution < -0.4 is 10.2 Å². The Hall–Kier alpha value is -2.14. The van der Waals surface area contributed by atoms with Gasteiger partial charge in [0.2, 0.25) is 0 Å². The number of rotatable bonds is 3. The highest BCUT2D eigenvalue weighted by molar-refractivity contribution is 7.80. The fraction of sp³-hybridized carbons (Fsp3) is 0.333. The Bertz CT molecular complexity index is 634. The molecule has 120 valence electrons. The van der Waals surface area contributed by atoms with Crippen molar-refractivity contribution in [2.75, 3.05) is 36.4 Å². The van der Waals surface area contributed by atoms with E-state index >= 15 is 0 Å². The molecule has 4 nitrogen and oxygen atoms in total. The highest BCUT2D eigenvalue weighted by Gasteiger charge is 2.19. The number of aromatic nitrogens is 1. The number of nitrogens with one attached hydrogen (secondary N) is 1. The normalized spacial score (nSPS) is 14.7. The van der Waals surface area contributed by atoms with E-state index in [0.29, 0.717) is 0 Å². The van der Waals surface area contributed by atoms with Gasteiger partial charge >= 0.3 is 0 Å². The lowest BCUT2D eigenvalue weighted by Gasteiger charge is -2.36. The van der Waals surface area contributed by atoms with Crippen molar-refractivity contribution in [1.82, 2.24) is 9.88 Å². The Morgan fingerprint density at radius 2 is 1.83 bits per heavy atom. The van der Waals surface area contributed by atoms with Crippen LogP contribution in [0.25, 0.3) is 0 Å². The lowest BCUT2D eigenvalue weighted by atomic mass is 10.1. The molecule has 1 aromatic heterocycles. The summed E-state index contributed by atoms with van der Waals surface area (Å²) in [6.45, 7) is 5.86. The molecule has 2 aromatic rings. The van der Waals surface area contributed by atoms with Crippen LogP contribution in [-0.2, 0) is 6.42 Å². The first-order valence-corrected chi connectivity index (χ1v) is 8.48. The number of pyridine rings is 1. The van der Waals surface area contributed by atoms with Crippen molar-refractivity contribution in [3.05, 3.63) is 54.2 Å². The molecule has 1 fully saturated rings. The van der Waals surface area contributed by atoms with Gasteiger partial charge in [-0.2, -0.15) is 0 Å². The third kappa shape index (κ3) is 3.99. The Labute approximate surface area is 143 Å². The number of nitrogens with zero attached hydrogens (tertiary/aromatic N) is 3. The van der Waals surface area contributed by atoms with Gasteiger partial charge in [-0.3, -0.25) is 0 Å². The fourth-order valence-corrected chi connectivity index (χ4v) is 3.01. The summed E-state index contributed by atoms with van der Waals surface area (Å²) in [6, 6.07) is 14.5. The highest BCUT2D eigenvalue weighted by atomic mass is 32.1. The van der Waals surface area contributed by atoms with E-state index in [-0.39, 0.29) is 0 Å². The van der Waals surface area contributed by atoms with Gasteiger partial charge in [-0.05, 0) is 48.5 Å². The van der Waals surface area contributed by atoms with Crippen LogP contribution in [0.5, 0.6) is 0 Å². The van der Waals surface area contributed by atoms with Gasteiger partial charge in [0, 0.05) is 38.1 Å². The van der Waals surface area contributed by atoms with Crippen molar-refractivity contribution in [1.29, 1.82) is 0 Å². The molecule has 0 radical (unpaired) electrons. The molecule has 0 aliphatic carbocycles. The molecule has 5 heteroatoms. The SMILES string of the molecule is CCc1ccc(NC(=S)N2CCN(c3ccccn3)CC2)cc1. The molecule has 0 bridgehead atoms. The summed E-state index contributed by atoms with van der Waals surface area (Å²) in [5.74, 6) is 1.04. The van der Waals surface area contributed by atoms with Crippen molar-refractivity contribution < 1.29 is 0 Å². The quantitative estimate of drug-likeness (QED) is 0.876. The summed E-state index contributed by atoms with van der Waals surface area (Å²) < 4.78 is 0. The second-order valence-corrected chi connectivity index (χ2v) is 6.03. The van der Waals surface area contributed by atoms with Crippen molar-refractivity contribution in [2.45, 2.75) is 13.3 Å². The third-order valence-corrected chi connectivity index (χ3v) is 4.51. The van der Waals surface area contributed by atoms with Crippen LogP contribution >= 0.6 is 12.2 Å². The predicted octanol–water partition coefficient (Wildman–Crippen LogP) is 3.16. The molecule has 1 saturated heterocycles. The zero-order valence-electron chi connectivity index (χ0n) is 13.4. The average molecular weight is 326 g/mol. The first kappa shape index (κ1) is 15.7. The number of piperazine rings is 1. The number of hydrogen-bond acceptors (Lipinski definition) is 3. The van der Waals surface area contributed by atoms with E-state index in [2.05, 4.69) is 57.4 Å². The largest absolute Gasteiger partial charge is 0.353 e. The van der Waals surface area contributed by atoms with Gasteiger partial charge in [-0.25, -0.2) is 4.98 Å². The second-order valence-electron chi connectivity index (χ2n) is 5.64. The van der Waals surface area contributed by atoms with Gasteiger partial charge in [0.15, 0.2) is 5.11 Å². The number of aryl methyl sites for hydroxylation is 1. The summed E-state index contributed by atoms with van der Waals surface area (Å²) in [5.41, 5.74) is 2.39. The minimum atomic E-state index is 0.801. The maximum atomic E-state index is 5.55. The molecule has 1 N–H and O–H groups in total. The molecule has 2 heterocycles. The van der Waals surface area contributed by atoms with Crippen molar-refractivity contribution in [2.24, 2.45) is 0 Å². The van der Waals surface area contributed by atoms with E-state index in [4.69, 9.17) is 12.2 Å². The van der Waals surface area contributed by atoms with Gasteiger partial charge in [-0.1, -0.05) is 25.1 Å². The average Bonchev–Trinajstić information content (AvgIpc) is 2.63. The highest BCUT2D eigenvalue weighted by Crippen LogP contribution is 2.15. The minimum absolute atomic E-state index is 0.801. The lowest BCUT2D eigenvalue weighted by molar-refractivity contribution is 0.389. The molecule has 1 aromatic carbocycles. The number of benzene rings is 1. The molecule has 0 saturated carbocycles. The molecule has 0 atom stereocenters. The smallest absolute Gasteiger partial charge is 0.173 e. The molecule has 0 spiro atoms. The molecule has 0 amide bonds. The van der Waals surface area contributed by atoms with Gasteiger partial charge < -0.3 is 15.1 Å². The predicted molar refractivity (Wildman–Crippen MR) is 100 cm³/mol. The number of anilines is 2. The van der Waals surface area contributed by atoms with Crippen molar-refractivity contribution in [3.8, 4) is 0 Å². The van der Waals surface area contributed by atoms with E-state index in [1.54, 1.807) is 0 Å². The van der Waals surface area contributed by atoms with Crippen LogP contribution in [-0.4, -0.2) is 41.2 Å². The van der Waals surface area contributed by atoms with E-state index < -0.39 is 0 Å². The van der Waals surface area contributed by atoms with Gasteiger partial charge in [0.25, 0.3) is 0 Å². The van der Waals surface area contributed by atoms with E-state index in [0.717, 1.165) is 49.2 Å². The monoisotopic (exact) mass is 326 g/mol. The first-order chi connectivity index (χ1) is 11.3. The standard InChI is InChI=1S/C18H22N4S/c1-2-15-6-8-16(9-7-15)20-18(23)22-13-11-21(12-14-22)17-5-3-4-10-19-17/h3-10H,2,11-14H2,1H3,(H,20,23). The topological polar surface area (TPSA) is 31.4 Å². The number of hydrogen-bond donors (Lipinski definition) is 1. The van der Waals surface area contributed by atoms with E-state index in [9.17, 15) is 0 Å². The van der Waals surface area contributed by atoms with E-state index in [1.807, 2.05) is 18.3 Å². The zero-order valence-corrected chi connectivity index (χ0v) is 14.2. The Kier molecular flexibility index (Phi) is 5.08. The summed E-state index contributed by atoms with van der Waals surface area (Å²) in [4.78, 5) is 8.94. The Balaban J connectivity index is 1.53. The van der Waals surface area contributed by atoms with Crippen LogP contribution in [0.2, 0.25) is 0 Å². The van der Waals surface area contributed by atoms with Gasteiger partial charge in [-0.15, -0.1) is 0 Å². The van der Waals surface area contributed by atoms with E-state index in [1.165, 1.54) is 5.56 Å². The van der Waals surface area contributed by atoms with Crippen LogP contribution in [0.4, 0.5) is 11.5 Å². The van der Waals surface area contributed by atoms with Crippen molar-refractivity contribution in [3.63, 3.8) is 0 Å². The van der Waals surface area contributed by atoms with Gasteiger partial charge in [0.05, 0.1) is 0 Å². The third-order valence-electron chi connectivity index (χ3n) is 4.15. The van der Waals surface area contributed by atoms with Crippen LogP contribution in [0.3, 0.4) is 0 Å².